The van der Waals surface area contributed by atoms with Gasteiger partial charge in [0.1, 0.15) is 0 Å². The molecule has 0 bridgehead atoms. The Morgan fingerprint density at radius 2 is 1.75 bits per heavy atom. The van der Waals surface area contributed by atoms with Gasteiger partial charge in [0.15, 0.2) is 0 Å². The summed E-state index contributed by atoms with van der Waals surface area (Å²) in [6.07, 6.45) is -0.0150. The van der Waals surface area contributed by atoms with E-state index >= 15 is 0 Å². The third kappa shape index (κ3) is 7.28. The maximum atomic E-state index is 8.44. The van der Waals surface area contributed by atoms with Crippen LogP contribution < -0.4 is 0 Å². The Labute approximate surface area is 72.8 Å². The second-order valence-corrected chi connectivity index (χ2v) is 3.42. The Morgan fingerprint density at radius 1 is 1.17 bits per heavy atom. The molecule has 8 heteroatoms. The second kappa shape index (κ2) is 7.06. The maximum absolute atomic E-state index is 8.44. The van der Waals surface area contributed by atoms with Gasteiger partial charge >= 0.3 is 17.2 Å². The number of hydrogen-bond donors (Lipinski definition) is 4. The predicted molar refractivity (Wildman–Crippen MR) is 43.8 cm³/mol. The Bertz CT molecular complexity index is 110. The van der Waals surface area contributed by atoms with Gasteiger partial charge in [-0.15, -0.1) is 0 Å². The highest BCUT2D eigenvalue weighted by atomic mass is 31.2. The Hall–Kier alpha value is 0.620. The second-order valence-electron chi connectivity index (χ2n) is 1.94. The molecule has 0 saturated carbocycles. The molecule has 1 unspecified atom stereocenters. The van der Waals surface area contributed by atoms with Crippen LogP contribution in [0.1, 0.15) is 13.3 Å². The highest BCUT2D eigenvalue weighted by Crippen LogP contribution is 2.30. The molecule has 4 N–H and O–H groups in total. The fourth-order valence-electron chi connectivity index (χ4n) is 0.506. The molecule has 0 aromatic heterocycles. The van der Waals surface area contributed by atoms with Crippen molar-refractivity contribution in [1.82, 2.24) is 0 Å². The summed E-state index contributed by atoms with van der Waals surface area (Å²) in [6, 6.07) is 0. The molecule has 0 aliphatic heterocycles. The summed E-state index contributed by atoms with van der Waals surface area (Å²) in [4.78, 5) is 33.6. The molecule has 0 aromatic carbocycles. The van der Waals surface area contributed by atoms with Crippen LogP contribution in [-0.4, -0.2) is 32.3 Å². The Balaban J connectivity index is 3.53. The summed E-state index contributed by atoms with van der Waals surface area (Å²) >= 11 is 0. The van der Waals surface area contributed by atoms with Gasteiger partial charge in [-0.25, -0.2) is 0 Å². The minimum absolute atomic E-state index is 0.0604. The van der Waals surface area contributed by atoms with Crippen molar-refractivity contribution in [2.75, 3.05) is 6.61 Å². The fourth-order valence-corrected chi connectivity index (χ4v) is 1.28. The average molecular weight is 218 g/mol. The van der Waals surface area contributed by atoms with Crippen LogP contribution in [0.25, 0.3) is 0 Å². The monoisotopic (exact) mass is 218 g/mol. The summed E-state index contributed by atoms with van der Waals surface area (Å²) in [6.45, 7) is 1.69. The molecule has 0 aromatic rings. The third-order valence-electron chi connectivity index (χ3n) is 1.07. The van der Waals surface area contributed by atoms with Crippen molar-refractivity contribution in [2.24, 2.45) is 0 Å². The fraction of sp³-hybridized carbons (Fsp3) is 1.00. The van der Waals surface area contributed by atoms with E-state index < -0.39 is 23.3 Å². The van der Waals surface area contributed by atoms with Gasteiger partial charge in [0.25, 0.3) is 0 Å². The quantitative estimate of drug-likeness (QED) is 0.476. The minimum Gasteiger partial charge on any atom is -0.328 e. The lowest BCUT2D eigenvalue weighted by molar-refractivity contribution is 0.101. The first kappa shape index (κ1) is 12.6. The van der Waals surface area contributed by atoms with Crippen LogP contribution in [0.2, 0.25) is 0 Å². The van der Waals surface area contributed by atoms with E-state index in [2.05, 4.69) is 9.05 Å². The van der Waals surface area contributed by atoms with Crippen molar-refractivity contribution in [2.45, 2.75) is 19.4 Å². The lowest BCUT2D eigenvalue weighted by Gasteiger charge is -2.15. The first-order chi connectivity index (χ1) is 5.56. The van der Waals surface area contributed by atoms with Gasteiger partial charge in [-0.2, -0.15) is 0 Å². The van der Waals surface area contributed by atoms with E-state index in [-0.39, 0.29) is 6.61 Å². The van der Waals surface area contributed by atoms with E-state index in [4.69, 9.17) is 19.6 Å². The normalized spacial score (nSPS) is 14.2. The van der Waals surface area contributed by atoms with Gasteiger partial charge in [-0.05, 0) is 6.42 Å². The van der Waals surface area contributed by atoms with Gasteiger partial charge < -0.3 is 28.6 Å². The molecule has 0 fully saturated rings. The van der Waals surface area contributed by atoms with Gasteiger partial charge in [0.05, 0.1) is 12.7 Å². The maximum Gasteiger partial charge on any atom is 0.327 e. The zero-order chi connectivity index (χ0) is 9.56. The van der Waals surface area contributed by atoms with Crippen molar-refractivity contribution in [1.29, 1.82) is 0 Å². The molecule has 0 radical (unpaired) electrons. The average Bonchev–Trinajstić information content (AvgIpc) is 1.97. The van der Waals surface area contributed by atoms with Crippen LogP contribution in [0.4, 0.5) is 0 Å². The molecule has 0 amide bonds. The molecule has 0 saturated heterocycles. The van der Waals surface area contributed by atoms with Gasteiger partial charge in [0, 0.05) is 0 Å². The standard InChI is InChI=1S/C4H12O6P2/c1-2-4(10-12(7)8)3-9-11(5)6/h4-8H,2-3H2,1H3. The van der Waals surface area contributed by atoms with E-state index in [0.29, 0.717) is 6.42 Å². The van der Waals surface area contributed by atoms with Gasteiger partial charge in [-0.1, -0.05) is 6.92 Å². The Morgan fingerprint density at radius 3 is 2.08 bits per heavy atom. The third-order valence-corrected chi connectivity index (χ3v) is 1.94. The van der Waals surface area contributed by atoms with Crippen molar-refractivity contribution in [3.63, 3.8) is 0 Å². The topological polar surface area (TPSA) is 99.4 Å². The molecule has 6 nitrogen and oxygen atoms in total. The molecule has 0 spiro atoms. The molecule has 0 rings (SSSR count). The predicted octanol–water partition coefficient (Wildman–Crippen LogP) is 0.221. The molecule has 12 heavy (non-hydrogen) atoms. The number of rotatable bonds is 6. The summed E-state index contributed by atoms with van der Waals surface area (Å²) in [7, 11) is -4.81. The summed E-state index contributed by atoms with van der Waals surface area (Å²) in [5.74, 6) is 0. The SMILES string of the molecule is CCC(COP(O)O)OP(O)O. The van der Waals surface area contributed by atoms with E-state index in [0.717, 1.165) is 0 Å². The molecule has 74 valence electrons. The minimum atomic E-state index is -2.41. The smallest absolute Gasteiger partial charge is 0.327 e. The van der Waals surface area contributed by atoms with E-state index in [1.54, 1.807) is 6.92 Å². The highest BCUT2D eigenvalue weighted by molar-refractivity contribution is 7.39. The van der Waals surface area contributed by atoms with E-state index in [1.807, 2.05) is 0 Å². The molecular formula is C4H12O6P2. The van der Waals surface area contributed by atoms with Crippen LogP contribution >= 0.6 is 17.2 Å². The molecular weight excluding hydrogens is 206 g/mol. The molecule has 1 atom stereocenters. The van der Waals surface area contributed by atoms with Crippen LogP contribution in [0, 0.1) is 0 Å². The van der Waals surface area contributed by atoms with Crippen LogP contribution in [0.3, 0.4) is 0 Å². The van der Waals surface area contributed by atoms with Gasteiger partial charge in [-0.3, -0.25) is 0 Å². The van der Waals surface area contributed by atoms with E-state index in [9.17, 15) is 0 Å². The van der Waals surface area contributed by atoms with Crippen molar-refractivity contribution >= 4 is 17.2 Å². The van der Waals surface area contributed by atoms with Crippen molar-refractivity contribution < 1.29 is 28.6 Å². The number of hydrogen-bond acceptors (Lipinski definition) is 6. The molecule has 0 heterocycles. The summed E-state index contributed by atoms with van der Waals surface area (Å²) in [5, 5.41) is 0. The zero-order valence-corrected chi connectivity index (χ0v) is 8.28. The highest BCUT2D eigenvalue weighted by Gasteiger charge is 2.13. The summed E-state index contributed by atoms with van der Waals surface area (Å²) < 4.78 is 9.02. The van der Waals surface area contributed by atoms with Crippen LogP contribution in [0.5, 0.6) is 0 Å². The van der Waals surface area contributed by atoms with Crippen LogP contribution in [0.15, 0.2) is 0 Å². The lowest BCUT2D eigenvalue weighted by atomic mass is 10.3. The zero-order valence-electron chi connectivity index (χ0n) is 6.49. The van der Waals surface area contributed by atoms with Crippen molar-refractivity contribution in [3.05, 3.63) is 0 Å². The first-order valence-corrected chi connectivity index (χ1v) is 5.54. The molecule has 0 aliphatic rings. The Kier molecular flexibility index (Phi) is 7.43. The molecule has 0 aliphatic carbocycles. The first-order valence-electron chi connectivity index (χ1n) is 3.21. The summed E-state index contributed by atoms with van der Waals surface area (Å²) in [5.41, 5.74) is 0. The van der Waals surface area contributed by atoms with E-state index in [1.165, 1.54) is 0 Å². The van der Waals surface area contributed by atoms with Crippen molar-refractivity contribution in [3.8, 4) is 0 Å². The van der Waals surface area contributed by atoms with Gasteiger partial charge in [0.2, 0.25) is 0 Å². The largest absolute Gasteiger partial charge is 0.328 e. The van der Waals surface area contributed by atoms with Crippen LogP contribution in [-0.2, 0) is 9.05 Å². The lowest BCUT2D eigenvalue weighted by Crippen LogP contribution is -2.15.